The van der Waals surface area contributed by atoms with Crippen molar-refractivity contribution in [2.24, 2.45) is 0 Å². The number of nitriles is 1. The molecule has 0 unspecified atom stereocenters. The quantitative estimate of drug-likeness (QED) is 0.839. The van der Waals surface area contributed by atoms with Crippen LogP contribution in [0.25, 0.3) is 0 Å². The van der Waals surface area contributed by atoms with Crippen LogP contribution in [0.1, 0.15) is 38.0 Å². The molecule has 0 saturated carbocycles. The number of benzene rings is 1. The standard InChI is InChI=1S/C15H18F3NO3/c1-14(2,3)22-11(8-19)9-6-7-10(20-4)13(21-5)12(9)15(16,17)18/h6-7,11H,1-5H3/t11-/m1/s1. The second-order valence-corrected chi connectivity index (χ2v) is 5.50. The van der Waals surface area contributed by atoms with Gasteiger partial charge in [-0.05, 0) is 26.8 Å². The molecule has 1 rings (SSSR count). The molecule has 122 valence electrons. The minimum absolute atomic E-state index is 0.0639. The zero-order chi connectivity index (χ0) is 17.1. The van der Waals surface area contributed by atoms with E-state index in [1.807, 2.05) is 0 Å². The highest BCUT2D eigenvalue weighted by Crippen LogP contribution is 2.46. The van der Waals surface area contributed by atoms with E-state index in [0.717, 1.165) is 7.11 Å². The van der Waals surface area contributed by atoms with Crippen molar-refractivity contribution in [3.05, 3.63) is 23.3 Å². The lowest BCUT2D eigenvalue weighted by Gasteiger charge is -2.26. The Balaban J connectivity index is 3.57. The summed E-state index contributed by atoms with van der Waals surface area (Å²) in [6, 6.07) is 4.25. The Bertz CT molecular complexity index is 571. The van der Waals surface area contributed by atoms with E-state index in [1.165, 1.54) is 19.2 Å². The first-order valence-electron chi connectivity index (χ1n) is 6.44. The van der Waals surface area contributed by atoms with Crippen LogP contribution in [0.4, 0.5) is 13.2 Å². The van der Waals surface area contributed by atoms with E-state index in [0.29, 0.717) is 0 Å². The van der Waals surface area contributed by atoms with E-state index < -0.39 is 29.2 Å². The fourth-order valence-electron chi connectivity index (χ4n) is 1.97. The Morgan fingerprint density at radius 1 is 1.09 bits per heavy atom. The molecule has 1 aromatic rings. The number of alkyl halides is 3. The van der Waals surface area contributed by atoms with E-state index in [2.05, 4.69) is 0 Å². The molecule has 0 fully saturated rings. The number of hydrogen-bond donors (Lipinski definition) is 0. The summed E-state index contributed by atoms with van der Waals surface area (Å²) in [5.41, 5.74) is -2.15. The minimum atomic E-state index is -4.72. The Labute approximate surface area is 127 Å². The molecule has 0 aliphatic carbocycles. The number of hydrogen-bond acceptors (Lipinski definition) is 4. The van der Waals surface area contributed by atoms with Crippen molar-refractivity contribution in [1.82, 2.24) is 0 Å². The summed E-state index contributed by atoms with van der Waals surface area (Å²) in [5.74, 6) is -0.531. The monoisotopic (exact) mass is 317 g/mol. The van der Waals surface area contributed by atoms with Crippen molar-refractivity contribution in [2.45, 2.75) is 38.7 Å². The van der Waals surface area contributed by atoms with E-state index in [1.54, 1.807) is 26.8 Å². The first kappa shape index (κ1) is 18.1. The van der Waals surface area contributed by atoms with Gasteiger partial charge in [-0.15, -0.1) is 0 Å². The van der Waals surface area contributed by atoms with Gasteiger partial charge in [0, 0.05) is 5.56 Å². The number of nitrogens with zero attached hydrogens (tertiary/aromatic N) is 1. The molecule has 1 aromatic carbocycles. The third kappa shape index (κ3) is 4.04. The molecular formula is C15H18F3NO3. The SMILES string of the molecule is COc1ccc([C@@H](C#N)OC(C)(C)C)c(C(F)(F)F)c1OC. The molecule has 1 atom stereocenters. The van der Waals surface area contributed by atoms with Gasteiger partial charge >= 0.3 is 6.18 Å². The van der Waals surface area contributed by atoms with E-state index in [-0.39, 0.29) is 11.3 Å². The molecule has 0 spiro atoms. The van der Waals surface area contributed by atoms with Crippen molar-refractivity contribution >= 4 is 0 Å². The predicted molar refractivity (Wildman–Crippen MR) is 73.7 cm³/mol. The van der Waals surface area contributed by atoms with Crippen LogP contribution in [0.15, 0.2) is 12.1 Å². The smallest absolute Gasteiger partial charge is 0.420 e. The fourth-order valence-corrected chi connectivity index (χ4v) is 1.97. The largest absolute Gasteiger partial charge is 0.493 e. The third-order valence-corrected chi connectivity index (χ3v) is 2.73. The van der Waals surface area contributed by atoms with Gasteiger partial charge in [-0.2, -0.15) is 18.4 Å². The lowest BCUT2D eigenvalue weighted by molar-refractivity contribution is -0.141. The molecule has 0 aliphatic heterocycles. The summed E-state index contributed by atoms with van der Waals surface area (Å²) in [6.07, 6.45) is -6.10. The van der Waals surface area contributed by atoms with Crippen LogP contribution in [0.5, 0.6) is 11.5 Å². The molecule has 22 heavy (non-hydrogen) atoms. The number of rotatable bonds is 4. The average molecular weight is 317 g/mol. The van der Waals surface area contributed by atoms with Gasteiger partial charge < -0.3 is 14.2 Å². The molecule has 0 bridgehead atoms. The van der Waals surface area contributed by atoms with Crippen molar-refractivity contribution in [3.63, 3.8) is 0 Å². The summed E-state index contributed by atoms with van der Waals surface area (Å²) in [7, 11) is 2.36. The van der Waals surface area contributed by atoms with Gasteiger partial charge in [-0.25, -0.2) is 0 Å². The van der Waals surface area contributed by atoms with Crippen molar-refractivity contribution in [2.75, 3.05) is 14.2 Å². The maximum Gasteiger partial charge on any atom is 0.420 e. The van der Waals surface area contributed by atoms with Gasteiger partial charge in [0.1, 0.15) is 5.56 Å². The van der Waals surface area contributed by atoms with Crippen molar-refractivity contribution in [3.8, 4) is 17.6 Å². The van der Waals surface area contributed by atoms with Gasteiger partial charge in [-0.3, -0.25) is 0 Å². The van der Waals surface area contributed by atoms with E-state index in [9.17, 15) is 18.4 Å². The molecule has 4 nitrogen and oxygen atoms in total. The van der Waals surface area contributed by atoms with Crippen LogP contribution in [-0.2, 0) is 10.9 Å². The van der Waals surface area contributed by atoms with Crippen LogP contribution in [0.2, 0.25) is 0 Å². The summed E-state index contributed by atoms with van der Waals surface area (Å²) >= 11 is 0. The average Bonchev–Trinajstić information content (AvgIpc) is 2.41. The highest BCUT2D eigenvalue weighted by Gasteiger charge is 2.41. The minimum Gasteiger partial charge on any atom is -0.493 e. The second kappa shape index (κ2) is 6.44. The predicted octanol–water partition coefficient (Wildman–Crippen LogP) is 4.10. The molecule has 0 aromatic heterocycles. The normalized spacial score (nSPS) is 13.4. The summed E-state index contributed by atoms with van der Waals surface area (Å²) in [4.78, 5) is 0. The maximum atomic E-state index is 13.4. The van der Waals surface area contributed by atoms with Crippen molar-refractivity contribution in [1.29, 1.82) is 5.26 Å². The Morgan fingerprint density at radius 3 is 2.05 bits per heavy atom. The molecule has 0 heterocycles. The van der Waals surface area contributed by atoms with Crippen LogP contribution in [-0.4, -0.2) is 19.8 Å². The van der Waals surface area contributed by atoms with Gasteiger partial charge in [0.05, 0.1) is 25.9 Å². The molecule has 0 radical (unpaired) electrons. The first-order chi connectivity index (χ1) is 10.0. The lowest BCUT2D eigenvalue weighted by Crippen LogP contribution is -2.24. The van der Waals surface area contributed by atoms with Crippen LogP contribution >= 0.6 is 0 Å². The Kier molecular flexibility index (Phi) is 5.30. The van der Waals surface area contributed by atoms with Crippen LogP contribution in [0, 0.1) is 11.3 Å². The van der Waals surface area contributed by atoms with Crippen LogP contribution < -0.4 is 9.47 Å². The molecule has 0 saturated heterocycles. The number of ether oxygens (including phenoxy) is 3. The second-order valence-electron chi connectivity index (χ2n) is 5.50. The molecule has 7 heteroatoms. The Hall–Kier alpha value is -1.94. The van der Waals surface area contributed by atoms with E-state index in [4.69, 9.17) is 14.2 Å². The van der Waals surface area contributed by atoms with E-state index >= 15 is 0 Å². The molecule has 0 aliphatic rings. The lowest BCUT2D eigenvalue weighted by atomic mass is 9.99. The zero-order valence-electron chi connectivity index (χ0n) is 13.0. The molecule has 0 amide bonds. The van der Waals surface area contributed by atoms with Gasteiger partial charge in [0.15, 0.2) is 17.6 Å². The molecule has 0 N–H and O–H groups in total. The Morgan fingerprint density at radius 2 is 1.68 bits per heavy atom. The molecular weight excluding hydrogens is 299 g/mol. The highest BCUT2D eigenvalue weighted by molar-refractivity contribution is 5.53. The van der Waals surface area contributed by atoms with Gasteiger partial charge in [-0.1, -0.05) is 6.07 Å². The van der Waals surface area contributed by atoms with Crippen molar-refractivity contribution < 1.29 is 27.4 Å². The fraction of sp³-hybridized carbons (Fsp3) is 0.533. The summed E-state index contributed by atoms with van der Waals surface area (Å²) < 4.78 is 55.5. The highest BCUT2D eigenvalue weighted by atomic mass is 19.4. The summed E-state index contributed by atoms with van der Waals surface area (Å²) in [5, 5.41) is 9.21. The maximum absolute atomic E-state index is 13.4. The summed E-state index contributed by atoms with van der Waals surface area (Å²) in [6.45, 7) is 4.97. The number of methoxy groups -OCH3 is 2. The topological polar surface area (TPSA) is 51.5 Å². The van der Waals surface area contributed by atoms with Gasteiger partial charge in [0.2, 0.25) is 0 Å². The number of halogens is 3. The van der Waals surface area contributed by atoms with Gasteiger partial charge in [0.25, 0.3) is 0 Å². The van der Waals surface area contributed by atoms with Crippen LogP contribution in [0.3, 0.4) is 0 Å². The third-order valence-electron chi connectivity index (χ3n) is 2.73. The first-order valence-corrected chi connectivity index (χ1v) is 6.44. The zero-order valence-corrected chi connectivity index (χ0v) is 13.0.